The zero-order valence-corrected chi connectivity index (χ0v) is 10.7. The molecule has 0 aliphatic heterocycles. The highest BCUT2D eigenvalue weighted by atomic mass is 35.5. The number of fused-ring (bicyclic) bond motifs is 1. The van der Waals surface area contributed by atoms with Crippen molar-refractivity contribution in [2.45, 2.75) is 0 Å². The number of halogens is 3. The molecule has 0 fully saturated rings. The number of aromatic nitrogens is 3. The molecule has 0 bridgehead atoms. The molecule has 100 valence electrons. The van der Waals surface area contributed by atoms with E-state index in [0.29, 0.717) is 11.0 Å². The maximum atomic E-state index is 13.3. The number of nitrogen functional groups attached to an aromatic ring is 1. The van der Waals surface area contributed by atoms with Crippen LogP contribution in [-0.2, 0) is 0 Å². The highest BCUT2D eigenvalue weighted by molar-refractivity contribution is 6.29. The van der Waals surface area contributed by atoms with Crippen LogP contribution in [0.1, 0.15) is 0 Å². The molecule has 2 N–H and O–H groups in total. The molecule has 0 aliphatic carbocycles. The van der Waals surface area contributed by atoms with Gasteiger partial charge in [-0.2, -0.15) is 0 Å². The molecule has 0 unspecified atom stereocenters. The Morgan fingerprint density at radius 3 is 2.35 bits per heavy atom. The second-order valence-electron chi connectivity index (χ2n) is 4.09. The van der Waals surface area contributed by atoms with Crippen molar-refractivity contribution in [2.24, 2.45) is 0 Å². The van der Waals surface area contributed by atoms with Gasteiger partial charge < -0.3 is 5.73 Å². The van der Waals surface area contributed by atoms with Crippen LogP contribution in [0.2, 0.25) is 5.15 Å². The Bertz CT molecular complexity index is 803. The predicted molar refractivity (Wildman–Crippen MR) is 72.1 cm³/mol. The summed E-state index contributed by atoms with van der Waals surface area (Å²) in [5.41, 5.74) is 6.83. The third kappa shape index (κ3) is 2.25. The minimum absolute atomic E-state index is 0.0127. The SMILES string of the molecule is Nc1nc(-c2cc(F)cc(F)c2)c2nc(Cl)ccc2n1. The van der Waals surface area contributed by atoms with Crippen LogP contribution in [0.3, 0.4) is 0 Å². The molecule has 0 radical (unpaired) electrons. The molecule has 0 saturated heterocycles. The van der Waals surface area contributed by atoms with E-state index in [4.69, 9.17) is 17.3 Å². The lowest BCUT2D eigenvalue weighted by Gasteiger charge is -2.07. The Morgan fingerprint density at radius 2 is 1.65 bits per heavy atom. The van der Waals surface area contributed by atoms with E-state index in [0.717, 1.165) is 18.2 Å². The van der Waals surface area contributed by atoms with E-state index >= 15 is 0 Å². The monoisotopic (exact) mass is 292 g/mol. The lowest BCUT2D eigenvalue weighted by molar-refractivity contribution is 0.584. The van der Waals surface area contributed by atoms with Gasteiger partial charge in [0.2, 0.25) is 5.95 Å². The molecule has 0 aliphatic rings. The summed E-state index contributed by atoms with van der Waals surface area (Å²) in [7, 11) is 0. The highest BCUT2D eigenvalue weighted by Gasteiger charge is 2.12. The average Bonchev–Trinajstić information content (AvgIpc) is 2.37. The maximum absolute atomic E-state index is 13.3. The van der Waals surface area contributed by atoms with Crippen LogP contribution in [0, 0.1) is 11.6 Å². The van der Waals surface area contributed by atoms with Crippen molar-refractivity contribution in [1.29, 1.82) is 0 Å². The standard InChI is InChI=1S/C13H7ClF2N4/c14-10-2-1-9-12(19-10)11(20-13(17)18-9)6-3-7(15)5-8(16)4-6/h1-5H,(H2,17,18,20). The second kappa shape index (κ2) is 4.64. The normalized spacial score (nSPS) is 10.9. The zero-order chi connectivity index (χ0) is 14.3. The fourth-order valence-electron chi connectivity index (χ4n) is 1.90. The van der Waals surface area contributed by atoms with Crippen molar-refractivity contribution in [3.05, 3.63) is 47.1 Å². The summed E-state index contributed by atoms with van der Waals surface area (Å²) in [4.78, 5) is 12.1. The fourth-order valence-corrected chi connectivity index (χ4v) is 2.05. The molecule has 3 aromatic rings. The van der Waals surface area contributed by atoms with Gasteiger partial charge in [-0.05, 0) is 24.3 Å². The van der Waals surface area contributed by atoms with E-state index < -0.39 is 11.6 Å². The summed E-state index contributed by atoms with van der Waals surface area (Å²) >= 11 is 5.83. The number of pyridine rings is 1. The van der Waals surface area contributed by atoms with E-state index in [2.05, 4.69) is 15.0 Å². The van der Waals surface area contributed by atoms with Crippen LogP contribution < -0.4 is 5.73 Å². The van der Waals surface area contributed by atoms with Gasteiger partial charge in [-0.3, -0.25) is 0 Å². The smallest absolute Gasteiger partial charge is 0.221 e. The Kier molecular flexibility index (Phi) is 2.94. The molecule has 7 heteroatoms. The number of benzene rings is 1. The van der Waals surface area contributed by atoms with Gasteiger partial charge in [0.1, 0.15) is 28.0 Å². The summed E-state index contributed by atoms with van der Waals surface area (Å²) in [6.45, 7) is 0. The summed E-state index contributed by atoms with van der Waals surface area (Å²) in [6.07, 6.45) is 0. The van der Waals surface area contributed by atoms with Crippen molar-refractivity contribution in [1.82, 2.24) is 15.0 Å². The molecule has 3 rings (SSSR count). The van der Waals surface area contributed by atoms with E-state index in [1.807, 2.05) is 0 Å². The van der Waals surface area contributed by atoms with E-state index in [-0.39, 0.29) is 22.4 Å². The molecule has 20 heavy (non-hydrogen) atoms. The summed E-state index contributed by atoms with van der Waals surface area (Å²) in [5.74, 6) is -1.44. The number of nitrogens with two attached hydrogens (primary N) is 1. The lowest BCUT2D eigenvalue weighted by Crippen LogP contribution is -2.00. The van der Waals surface area contributed by atoms with Gasteiger partial charge in [0.25, 0.3) is 0 Å². The minimum Gasteiger partial charge on any atom is -0.368 e. The number of nitrogens with zero attached hydrogens (tertiary/aromatic N) is 3. The van der Waals surface area contributed by atoms with Crippen LogP contribution in [0.4, 0.5) is 14.7 Å². The molecule has 0 spiro atoms. The highest BCUT2D eigenvalue weighted by Crippen LogP contribution is 2.27. The van der Waals surface area contributed by atoms with Gasteiger partial charge in [0.05, 0.1) is 5.52 Å². The van der Waals surface area contributed by atoms with Crippen LogP contribution in [0.25, 0.3) is 22.3 Å². The largest absolute Gasteiger partial charge is 0.368 e. The maximum Gasteiger partial charge on any atom is 0.221 e. The van der Waals surface area contributed by atoms with Crippen molar-refractivity contribution in [3.63, 3.8) is 0 Å². The van der Waals surface area contributed by atoms with Gasteiger partial charge in [0, 0.05) is 11.6 Å². The molecule has 0 amide bonds. The summed E-state index contributed by atoms with van der Waals surface area (Å²) in [6, 6.07) is 6.23. The van der Waals surface area contributed by atoms with Crippen molar-refractivity contribution < 1.29 is 8.78 Å². The van der Waals surface area contributed by atoms with Gasteiger partial charge >= 0.3 is 0 Å². The predicted octanol–water partition coefficient (Wildman–Crippen LogP) is 3.21. The molecular formula is C13H7ClF2N4. The van der Waals surface area contributed by atoms with Crippen LogP contribution in [0.15, 0.2) is 30.3 Å². The molecule has 4 nitrogen and oxygen atoms in total. The molecule has 0 atom stereocenters. The molecule has 0 saturated carbocycles. The summed E-state index contributed by atoms with van der Waals surface area (Å²) in [5, 5.41) is 0.226. The fraction of sp³-hybridized carbons (Fsp3) is 0. The first-order valence-electron chi connectivity index (χ1n) is 5.59. The minimum atomic E-state index is -0.715. The first-order chi connectivity index (χ1) is 9.52. The first-order valence-corrected chi connectivity index (χ1v) is 5.97. The zero-order valence-electron chi connectivity index (χ0n) is 9.94. The molecule has 2 heterocycles. The van der Waals surface area contributed by atoms with Crippen molar-refractivity contribution in [2.75, 3.05) is 5.73 Å². The third-order valence-electron chi connectivity index (χ3n) is 2.66. The molecular weight excluding hydrogens is 286 g/mol. The third-order valence-corrected chi connectivity index (χ3v) is 2.87. The van der Waals surface area contributed by atoms with E-state index in [9.17, 15) is 8.78 Å². The number of rotatable bonds is 1. The average molecular weight is 293 g/mol. The van der Waals surface area contributed by atoms with Crippen LogP contribution in [-0.4, -0.2) is 15.0 Å². The van der Waals surface area contributed by atoms with Gasteiger partial charge in [0.15, 0.2) is 0 Å². The Balaban J connectivity index is 2.37. The number of hydrogen-bond donors (Lipinski definition) is 1. The first kappa shape index (κ1) is 12.7. The number of anilines is 1. The lowest BCUT2D eigenvalue weighted by atomic mass is 10.1. The van der Waals surface area contributed by atoms with Gasteiger partial charge in [-0.15, -0.1) is 0 Å². The van der Waals surface area contributed by atoms with E-state index in [1.165, 1.54) is 0 Å². The Hall–Kier alpha value is -2.34. The molecule has 1 aromatic carbocycles. The Labute approximate surface area is 117 Å². The second-order valence-corrected chi connectivity index (χ2v) is 4.48. The summed E-state index contributed by atoms with van der Waals surface area (Å²) < 4.78 is 26.7. The molecule has 2 aromatic heterocycles. The van der Waals surface area contributed by atoms with Crippen molar-refractivity contribution in [3.8, 4) is 11.3 Å². The van der Waals surface area contributed by atoms with Gasteiger partial charge in [-0.25, -0.2) is 23.7 Å². The van der Waals surface area contributed by atoms with Crippen LogP contribution >= 0.6 is 11.6 Å². The quantitative estimate of drug-likeness (QED) is 0.700. The number of hydrogen-bond acceptors (Lipinski definition) is 4. The van der Waals surface area contributed by atoms with Gasteiger partial charge in [-0.1, -0.05) is 11.6 Å². The van der Waals surface area contributed by atoms with Crippen LogP contribution in [0.5, 0.6) is 0 Å². The topological polar surface area (TPSA) is 64.7 Å². The van der Waals surface area contributed by atoms with Crippen molar-refractivity contribution >= 4 is 28.6 Å². The van der Waals surface area contributed by atoms with E-state index in [1.54, 1.807) is 12.1 Å². The Morgan fingerprint density at radius 1 is 0.950 bits per heavy atom.